The van der Waals surface area contributed by atoms with E-state index in [0.29, 0.717) is 12.2 Å². The van der Waals surface area contributed by atoms with E-state index in [1.165, 1.54) is 0 Å². The molecule has 0 radical (unpaired) electrons. The lowest BCUT2D eigenvalue weighted by Gasteiger charge is -2.01. The first kappa shape index (κ1) is 10.4. The molecule has 0 atom stereocenters. The molecule has 0 aliphatic rings. The number of para-hydroxylation sites is 1. The fraction of sp³-hybridized carbons (Fsp3) is 0.143. The molecule has 0 unspecified atom stereocenters. The summed E-state index contributed by atoms with van der Waals surface area (Å²) >= 11 is 0. The molecule has 0 spiro atoms. The number of aryl methyl sites for hydroxylation is 1. The zero-order valence-electron chi connectivity index (χ0n) is 9.14. The lowest BCUT2D eigenvalue weighted by molar-refractivity contribution is 1.12. The molecule has 2 heteroatoms. The molecule has 78 valence electrons. The van der Waals surface area contributed by atoms with Crippen molar-refractivity contribution in [3.8, 4) is 12.3 Å². The van der Waals surface area contributed by atoms with Gasteiger partial charge in [0.05, 0.1) is 5.52 Å². The molecule has 0 saturated carbocycles. The van der Waals surface area contributed by atoms with E-state index in [-0.39, 0.29) is 0 Å². The molecule has 1 aromatic carbocycles. The number of hydrogen-bond donors (Lipinski definition) is 0. The fourth-order valence-electron chi connectivity index (χ4n) is 1.56. The van der Waals surface area contributed by atoms with Crippen LogP contribution in [0.4, 0.5) is 0 Å². The van der Waals surface area contributed by atoms with E-state index >= 15 is 0 Å². The predicted octanol–water partition coefficient (Wildman–Crippen LogP) is 2.97. The quantitative estimate of drug-likeness (QED) is 0.709. The lowest BCUT2D eigenvalue weighted by atomic mass is 10.2. The summed E-state index contributed by atoms with van der Waals surface area (Å²) in [5.41, 5.74) is 1.96. The van der Waals surface area contributed by atoms with Crippen molar-refractivity contribution in [2.75, 3.05) is 0 Å². The molecule has 2 nitrogen and oxygen atoms in total. The van der Waals surface area contributed by atoms with E-state index < -0.39 is 0 Å². The average Bonchev–Trinajstić information content (AvgIpc) is 2.30. The van der Waals surface area contributed by atoms with Gasteiger partial charge < -0.3 is 0 Å². The number of benzene rings is 1. The first-order chi connectivity index (χ1) is 7.81. The topological polar surface area (TPSA) is 25.8 Å². The Hall–Kier alpha value is -2.14. The summed E-state index contributed by atoms with van der Waals surface area (Å²) in [4.78, 5) is 8.85. The monoisotopic (exact) mass is 208 g/mol. The van der Waals surface area contributed by atoms with Gasteiger partial charge in [0.1, 0.15) is 0 Å². The van der Waals surface area contributed by atoms with E-state index in [4.69, 9.17) is 6.42 Å². The van der Waals surface area contributed by atoms with Gasteiger partial charge in [-0.1, -0.05) is 24.3 Å². The van der Waals surface area contributed by atoms with Crippen molar-refractivity contribution in [2.45, 2.75) is 13.3 Å². The number of allylic oxidation sites excluding steroid dienone is 1. The highest BCUT2D eigenvalue weighted by molar-refractivity contribution is 5.81. The Morgan fingerprint density at radius 3 is 2.94 bits per heavy atom. The van der Waals surface area contributed by atoms with Crippen LogP contribution in [0, 0.1) is 19.3 Å². The second-order valence-electron chi connectivity index (χ2n) is 3.49. The van der Waals surface area contributed by atoms with Crippen molar-refractivity contribution in [2.24, 2.45) is 0 Å². The molecular weight excluding hydrogens is 196 g/mol. The minimum Gasteiger partial charge on any atom is -0.233 e. The van der Waals surface area contributed by atoms with Crippen molar-refractivity contribution in [1.82, 2.24) is 9.97 Å². The van der Waals surface area contributed by atoms with Crippen molar-refractivity contribution in [1.29, 1.82) is 0 Å². The van der Waals surface area contributed by atoms with Crippen molar-refractivity contribution in [3.05, 3.63) is 41.9 Å². The molecule has 1 aromatic heterocycles. The Kier molecular flexibility index (Phi) is 2.98. The normalized spacial score (nSPS) is 10.8. The minimum absolute atomic E-state index is 0.606. The van der Waals surface area contributed by atoms with Crippen LogP contribution in [-0.2, 0) is 0 Å². The van der Waals surface area contributed by atoms with Crippen LogP contribution in [0.3, 0.4) is 0 Å². The Morgan fingerprint density at radius 1 is 1.31 bits per heavy atom. The molecule has 0 bridgehead atoms. The van der Waals surface area contributed by atoms with Crippen LogP contribution in [-0.4, -0.2) is 9.97 Å². The van der Waals surface area contributed by atoms with Crippen molar-refractivity contribution in [3.63, 3.8) is 0 Å². The molecule has 16 heavy (non-hydrogen) atoms. The molecule has 2 aromatic rings. The van der Waals surface area contributed by atoms with Crippen molar-refractivity contribution < 1.29 is 0 Å². The highest BCUT2D eigenvalue weighted by Crippen LogP contribution is 2.14. The van der Waals surface area contributed by atoms with Gasteiger partial charge in [-0.25, -0.2) is 9.97 Å². The third-order valence-electron chi connectivity index (χ3n) is 2.31. The number of hydrogen-bond acceptors (Lipinski definition) is 2. The van der Waals surface area contributed by atoms with Crippen LogP contribution in [0.25, 0.3) is 17.0 Å². The summed E-state index contributed by atoms with van der Waals surface area (Å²) in [6.45, 7) is 1.99. The van der Waals surface area contributed by atoms with Crippen LogP contribution < -0.4 is 0 Å². The zero-order chi connectivity index (χ0) is 11.4. The third-order valence-corrected chi connectivity index (χ3v) is 2.31. The molecule has 1 heterocycles. The third kappa shape index (κ3) is 2.09. The highest BCUT2D eigenvalue weighted by atomic mass is 14.9. The molecular formula is C14H12N2. The van der Waals surface area contributed by atoms with E-state index in [9.17, 15) is 0 Å². The number of terminal acetylenes is 1. The maximum atomic E-state index is 5.17. The second kappa shape index (κ2) is 4.59. The van der Waals surface area contributed by atoms with E-state index in [2.05, 4.69) is 15.9 Å². The number of nitrogens with zero attached hydrogens (tertiary/aromatic N) is 2. The number of fused-ring (bicyclic) bond motifs is 1. The molecule has 0 amide bonds. The van der Waals surface area contributed by atoms with Gasteiger partial charge >= 0.3 is 0 Å². The standard InChI is InChI=1S/C14H12N2/c1-3-4-5-10-14-15-11(2)12-8-6-7-9-13(12)16-14/h1,5-10H,4H2,2H3/b10-5+. The Balaban J connectivity index is 2.46. The molecule has 2 rings (SSSR count). The van der Waals surface area contributed by atoms with Gasteiger partial charge in [0.2, 0.25) is 0 Å². The van der Waals surface area contributed by atoms with Gasteiger partial charge in [-0.15, -0.1) is 12.3 Å². The molecule has 0 aliphatic carbocycles. The van der Waals surface area contributed by atoms with Gasteiger partial charge in [-0.05, 0) is 19.1 Å². The zero-order valence-corrected chi connectivity index (χ0v) is 9.14. The summed E-state index contributed by atoms with van der Waals surface area (Å²) in [7, 11) is 0. The summed E-state index contributed by atoms with van der Waals surface area (Å²) in [6, 6.07) is 7.98. The predicted molar refractivity (Wildman–Crippen MR) is 66.8 cm³/mol. The Labute approximate surface area is 95.1 Å². The van der Waals surface area contributed by atoms with Gasteiger partial charge in [-0.2, -0.15) is 0 Å². The van der Waals surface area contributed by atoms with Gasteiger partial charge in [0.15, 0.2) is 5.82 Å². The Bertz CT molecular complexity index is 577. The maximum Gasteiger partial charge on any atom is 0.152 e. The van der Waals surface area contributed by atoms with Crippen LogP contribution in [0.1, 0.15) is 17.9 Å². The fourth-order valence-corrected chi connectivity index (χ4v) is 1.56. The number of aromatic nitrogens is 2. The van der Waals surface area contributed by atoms with Crippen LogP contribution in [0.2, 0.25) is 0 Å². The molecule has 0 fully saturated rings. The molecule has 0 N–H and O–H groups in total. The van der Waals surface area contributed by atoms with E-state index in [1.54, 1.807) is 0 Å². The summed E-state index contributed by atoms with van der Waals surface area (Å²) in [5, 5.41) is 1.09. The summed E-state index contributed by atoms with van der Waals surface area (Å²) < 4.78 is 0. The summed E-state index contributed by atoms with van der Waals surface area (Å²) in [5.74, 6) is 3.26. The van der Waals surface area contributed by atoms with Crippen LogP contribution in [0.15, 0.2) is 30.3 Å². The van der Waals surface area contributed by atoms with Gasteiger partial charge in [0.25, 0.3) is 0 Å². The lowest BCUT2D eigenvalue weighted by Crippen LogP contribution is -1.92. The first-order valence-corrected chi connectivity index (χ1v) is 5.14. The number of rotatable bonds is 2. The van der Waals surface area contributed by atoms with Gasteiger partial charge in [0, 0.05) is 17.5 Å². The smallest absolute Gasteiger partial charge is 0.152 e. The highest BCUT2D eigenvalue weighted by Gasteiger charge is 2.00. The largest absolute Gasteiger partial charge is 0.233 e. The van der Waals surface area contributed by atoms with E-state index in [0.717, 1.165) is 16.6 Å². The molecule has 0 saturated heterocycles. The summed E-state index contributed by atoms with van der Waals surface area (Å²) in [6.07, 6.45) is 9.53. The van der Waals surface area contributed by atoms with Crippen molar-refractivity contribution >= 4 is 17.0 Å². The first-order valence-electron chi connectivity index (χ1n) is 5.14. The second-order valence-corrected chi connectivity index (χ2v) is 3.49. The SMILES string of the molecule is C#CC/C=C/c1nc(C)c2ccccc2n1. The van der Waals surface area contributed by atoms with Crippen LogP contribution >= 0.6 is 0 Å². The van der Waals surface area contributed by atoms with Gasteiger partial charge in [-0.3, -0.25) is 0 Å². The van der Waals surface area contributed by atoms with Crippen LogP contribution in [0.5, 0.6) is 0 Å². The van der Waals surface area contributed by atoms with E-state index in [1.807, 2.05) is 43.3 Å². The minimum atomic E-state index is 0.606. The molecule has 0 aliphatic heterocycles. The Morgan fingerprint density at radius 2 is 2.12 bits per heavy atom. The average molecular weight is 208 g/mol. The maximum absolute atomic E-state index is 5.17.